The topological polar surface area (TPSA) is 71.2 Å². The molecule has 0 fully saturated rings. The second kappa shape index (κ2) is 8.30. The van der Waals surface area contributed by atoms with Gasteiger partial charge in [-0.15, -0.1) is 0 Å². The van der Waals surface area contributed by atoms with E-state index in [9.17, 15) is 9.59 Å². The molecule has 0 bridgehead atoms. The van der Waals surface area contributed by atoms with Crippen LogP contribution in [0.3, 0.4) is 0 Å². The van der Waals surface area contributed by atoms with Crippen molar-refractivity contribution in [1.29, 1.82) is 0 Å². The zero-order chi connectivity index (χ0) is 19.3. The third kappa shape index (κ3) is 4.25. The maximum Gasteiger partial charge on any atom is 0.310 e. The molecule has 3 aromatic rings. The number of ether oxygens (including phenoxy) is 1. The van der Waals surface area contributed by atoms with Crippen LogP contribution in [0.4, 0.5) is 0 Å². The lowest BCUT2D eigenvalue weighted by Crippen LogP contribution is -2.30. The lowest BCUT2D eigenvalue weighted by molar-refractivity contribution is -0.147. The number of fused-ring (bicyclic) bond motifs is 2. The number of para-hydroxylation sites is 1. The maximum atomic E-state index is 12.0. The molecule has 5 heteroatoms. The number of rotatable bonds is 7. The molecule has 0 aliphatic heterocycles. The predicted molar refractivity (Wildman–Crippen MR) is 108 cm³/mol. The first-order chi connectivity index (χ1) is 13.7. The minimum Gasteiger partial charge on any atom is -0.455 e. The number of aromatic amines is 1. The Kier molecular flexibility index (Phi) is 5.42. The number of aromatic nitrogens is 1. The van der Waals surface area contributed by atoms with Crippen LogP contribution >= 0.6 is 0 Å². The Balaban J connectivity index is 1.19. The van der Waals surface area contributed by atoms with Crippen molar-refractivity contribution in [3.63, 3.8) is 0 Å². The van der Waals surface area contributed by atoms with Crippen LogP contribution in [-0.4, -0.2) is 30.0 Å². The molecule has 1 aromatic heterocycles. The zero-order valence-corrected chi connectivity index (χ0v) is 15.8. The fourth-order valence-electron chi connectivity index (χ4n) is 3.82. The summed E-state index contributed by atoms with van der Waals surface area (Å²) in [6.07, 6.45) is 6.28. The monoisotopic (exact) mass is 376 g/mol. The van der Waals surface area contributed by atoms with E-state index in [1.807, 2.05) is 30.5 Å². The molecule has 2 N–H and O–H groups in total. The molecule has 0 radical (unpaired) electrons. The van der Waals surface area contributed by atoms with Gasteiger partial charge in [0, 0.05) is 23.6 Å². The Hall–Kier alpha value is -3.08. The minimum absolute atomic E-state index is 0.204. The van der Waals surface area contributed by atoms with Crippen LogP contribution in [0.5, 0.6) is 0 Å². The van der Waals surface area contributed by atoms with Gasteiger partial charge >= 0.3 is 5.97 Å². The lowest BCUT2D eigenvalue weighted by Gasteiger charge is -2.07. The van der Waals surface area contributed by atoms with Crippen LogP contribution in [0.25, 0.3) is 10.9 Å². The summed E-state index contributed by atoms with van der Waals surface area (Å²) >= 11 is 0. The highest BCUT2D eigenvalue weighted by molar-refractivity contribution is 5.83. The largest absolute Gasteiger partial charge is 0.455 e. The second-order valence-electron chi connectivity index (χ2n) is 7.25. The lowest BCUT2D eigenvalue weighted by atomic mass is 10.0. The first-order valence-electron chi connectivity index (χ1n) is 9.77. The average molecular weight is 376 g/mol. The van der Waals surface area contributed by atoms with Crippen molar-refractivity contribution >= 4 is 22.8 Å². The predicted octanol–water partition coefficient (Wildman–Crippen LogP) is 3.10. The molecule has 0 saturated heterocycles. The summed E-state index contributed by atoms with van der Waals surface area (Å²) in [7, 11) is 0. The van der Waals surface area contributed by atoms with Crippen LogP contribution in [-0.2, 0) is 40.0 Å². The zero-order valence-electron chi connectivity index (χ0n) is 15.8. The molecule has 2 aromatic carbocycles. The van der Waals surface area contributed by atoms with E-state index >= 15 is 0 Å². The first-order valence-corrected chi connectivity index (χ1v) is 9.77. The summed E-state index contributed by atoms with van der Waals surface area (Å²) in [4.78, 5) is 27.2. The number of aryl methyl sites for hydroxylation is 2. The van der Waals surface area contributed by atoms with Crippen LogP contribution in [0, 0.1) is 0 Å². The van der Waals surface area contributed by atoms with E-state index < -0.39 is 0 Å². The molecule has 1 heterocycles. The molecule has 1 aliphatic carbocycles. The van der Waals surface area contributed by atoms with Crippen LogP contribution < -0.4 is 5.32 Å². The van der Waals surface area contributed by atoms with Crippen LogP contribution in [0.2, 0.25) is 0 Å². The summed E-state index contributed by atoms with van der Waals surface area (Å²) in [6, 6.07) is 14.2. The maximum absolute atomic E-state index is 12.0. The van der Waals surface area contributed by atoms with Gasteiger partial charge in [0.2, 0.25) is 0 Å². The number of H-pyrrole nitrogens is 1. The number of carbonyl (C=O) groups excluding carboxylic acids is 2. The van der Waals surface area contributed by atoms with E-state index in [-0.39, 0.29) is 24.9 Å². The fraction of sp³-hybridized carbons (Fsp3) is 0.304. The molecular weight excluding hydrogens is 352 g/mol. The summed E-state index contributed by atoms with van der Waals surface area (Å²) in [5.74, 6) is -0.646. The summed E-state index contributed by atoms with van der Waals surface area (Å²) in [5.41, 5.74) is 5.91. The van der Waals surface area contributed by atoms with E-state index in [1.165, 1.54) is 17.5 Å². The van der Waals surface area contributed by atoms with Gasteiger partial charge in [-0.1, -0.05) is 36.4 Å². The van der Waals surface area contributed by atoms with Crippen molar-refractivity contribution in [3.8, 4) is 0 Å². The number of hydrogen-bond acceptors (Lipinski definition) is 3. The summed E-state index contributed by atoms with van der Waals surface area (Å²) < 4.78 is 5.13. The number of esters is 1. The van der Waals surface area contributed by atoms with Gasteiger partial charge in [0.15, 0.2) is 6.61 Å². The summed E-state index contributed by atoms with van der Waals surface area (Å²) in [6.45, 7) is 0.265. The van der Waals surface area contributed by atoms with Gasteiger partial charge in [-0.05, 0) is 54.0 Å². The van der Waals surface area contributed by atoms with Gasteiger partial charge in [0.1, 0.15) is 0 Å². The quantitative estimate of drug-likeness (QED) is 0.623. The van der Waals surface area contributed by atoms with Crippen LogP contribution in [0.1, 0.15) is 28.7 Å². The van der Waals surface area contributed by atoms with Gasteiger partial charge in [-0.2, -0.15) is 0 Å². The van der Waals surface area contributed by atoms with Crippen molar-refractivity contribution in [3.05, 3.63) is 70.9 Å². The Morgan fingerprint density at radius 3 is 2.86 bits per heavy atom. The Morgan fingerprint density at radius 1 is 1.07 bits per heavy atom. The van der Waals surface area contributed by atoms with Gasteiger partial charge in [0.05, 0.1) is 6.42 Å². The second-order valence-corrected chi connectivity index (χ2v) is 7.25. The molecule has 0 spiro atoms. The van der Waals surface area contributed by atoms with E-state index in [1.54, 1.807) is 0 Å². The Bertz CT molecular complexity index is 1010. The molecule has 5 nitrogen and oxygen atoms in total. The molecular formula is C23H24N2O3. The number of hydrogen-bond donors (Lipinski definition) is 2. The van der Waals surface area contributed by atoms with Crippen molar-refractivity contribution in [2.75, 3.05) is 13.2 Å². The normalized spacial score (nSPS) is 12.7. The number of nitrogens with one attached hydrogen (secondary N) is 2. The first kappa shape index (κ1) is 18.3. The fourth-order valence-corrected chi connectivity index (χ4v) is 3.82. The minimum atomic E-state index is -0.371. The Morgan fingerprint density at radius 2 is 1.93 bits per heavy atom. The standard InChI is InChI=1S/C23H24N2O3/c26-22(24-11-10-19-14-25-21-7-2-1-6-20(19)21)15-28-23(27)13-16-8-9-17-4-3-5-18(17)12-16/h1-2,6-9,12,14,25H,3-5,10-11,13,15H2,(H,24,26). The molecule has 1 amide bonds. The van der Waals surface area contributed by atoms with Crippen molar-refractivity contribution in [2.24, 2.45) is 0 Å². The average Bonchev–Trinajstić information content (AvgIpc) is 3.33. The van der Waals surface area contributed by atoms with Gasteiger partial charge in [-0.3, -0.25) is 9.59 Å². The SMILES string of the molecule is O=C(COC(=O)Cc1ccc2c(c1)CCC2)NCCc1c[nH]c2ccccc12. The van der Waals surface area contributed by atoms with Crippen LogP contribution in [0.15, 0.2) is 48.7 Å². The summed E-state index contributed by atoms with van der Waals surface area (Å²) in [5, 5.41) is 3.97. The third-order valence-electron chi connectivity index (χ3n) is 5.27. The number of carbonyl (C=O) groups is 2. The molecule has 4 rings (SSSR count). The molecule has 0 saturated carbocycles. The Labute approximate surface area is 164 Å². The van der Waals surface area contributed by atoms with E-state index in [0.717, 1.165) is 41.3 Å². The molecule has 1 aliphatic rings. The highest BCUT2D eigenvalue weighted by atomic mass is 16.5. The van der Waals surface area contributed by atoms with E-state index in [4.69, 9.17) is 4.74 Å². The third-order valence-corrected chi connectivity index (χ3v) is 5.27. The van der Waals surface area contributed by atoms with E-state index in [0.29, 0.717) is 6.54 Å². The molecule has 28 heavy (non-hydrogen) atoms. The van der Waals surface area contributed by atoms with Crippen molar-refractivity contribution in [2.45, 2.75) is 32.1 Å². The number of amides is 1. The highest BCUT2D eigenvalue weighted by Gasteiger charge is 2.13. The highest BCUT2D eigenvalue weighted by Crippen LogP contribution is 2.23. The molecule has 0 atom stereocenters. The van der Waals surface area contributed by atoms with Gasteiger partial charge in [0.25, 0.3) is 5.91 Å². The van der Waals surface area contributed by atoms with Gasteiger partial charge < -0.3 is 15.0 Å². The van der Waals surface area contributed by atoms with Crippen molar-refractivity contribution < 1.29 is 14.3 Å². The molecule has 0 unspecified atom stereocenters. The smallest absolute Gasteiger partial charge is 0.310 e. The van der Waals surface area contributed by atoms with Crippen molar-refractivity contribution in [1.82, 2.24) is 10.3 Å². The number of benzene rings is 2. The van der Waals surface area contributed by atoms with E-state index in [2.05, 4.69) is 28.5 Å². The van der Waals surface area contributed by atoms with Gasteiger partial charge in [-0.25, -0.2) is 0 Å². The molecule has 144 valence electrons.